The van der Waals surface area contributed by atoms with Crippen molar-refractivity contribution >= 4 is 39.1 Å². The van der Waals surface area contributed by atoms with E-state index in [4.69, 9.17) is 11.6 Å². The fraction of sp³-hybridized carbons (Fsp3) is 0.500. The number of sulfonamides is 1. The molecule has 3 rings (SSSR count). The standard InChI is InChI=1S/C28H38ClN3O4S/c1-5-26(28(34)30-23-12-7-6-8-13-23)31(18-22-11-9-10-14-25(22)29)27(33)19-32(37(4,35)36)24-16-15-20(2)21(3)17-24/h9-11,14-17,23,26H,5-8,12-13,18-19H2,1-4H3,(H,30,34)/t26-/m1/s1. The van der Waals surface area contributed by atoms with Crippen LogP contribution in [0, 0.1) is 13.8 Å². The second-order valence-electron chi connectivity index (χ2n) is 9.92. The molecule has 0 saturated heterocycles. The Morgan fingerprint density at radius 3 is 2.32 bits per heavy atom. The minimum absolute atomic E-state index is 0.0932. The van der Waals surface area contributed by atoms with Crippen LogP contribution < -0.4 is 9.62 Å². The summed E-state index contributed by atoms with van der Waals surface area (Å²) in [5, 5.41) is 3.62. The summed E-state index contributed by atoms with van der Waals surface area (Å²) >= 11 is 6.42. The van der Waals surface area contributed by atoms with E-state index in [1.807, 2.05) is 39.0 Å². The molecule has 1 aliphatic rings. The lowest BCUT2D eigenvalue weighted by Crippen LogP contribution is -2.54. The summed E-state index contributed by atoms with van der Waals surface area (Å²) < 4.78 is 26.7. The Kier molecular flexibility index (Phi) is 10.0. The maximum atomic E-state index is 13.8. The Labute approximate surface area is 226 Å². The highest BCUT2D eigenvalue weighted by Gasteiger charge is 2.33. The highest BCUT2D eigenvalue weighted by atomic mass is 35.5. The van der Waals surface area contributed by atoms with E-state index in [0.717, 1.165) is 47.4 Å². The number of aryl methyl sites for hydroxylation is 2. The second kappa shape index (κ2) is 12.8. The first-order chi connectivity index (χ1) is 17.5. The van der Waals surface area contributed by atoms with Crippen LogP contribution in [-0.2, 0) is 26.2 Å². The summed E-state index contributed by atoms with van der Waals surface area (Å²) in [6, 6.07) is 11.8. The normalized spacial score (nSPS) is 15.2. The van der Waals surface area contributed by atoms with Gasteiger partial charge in [-0.15, -0.1) is 0 Å². The molecule has 0 radical (unpaired) electrons. The minimum atomic E-state index is -3.77. The van der Waals surface area contributed by atoms with E-state index in [0.29, 0.717) is 22.7 Å². The van der Waals surface area contributed by atoms with Gasteiger partial charge in [0.1, 0.15) is 12.6 Å². The molecule has 0 spiro atoms. The van der Waals surface area contributed by atoms with Crippen molar-refractivity contribution in [3.63, 3.8) is 0 Å². The van der Waals surface area contributed by atoms with Gasteiger partial charge in [0.05, 0.1) is 11.9 Å². The zero-order valence-electron chi connectivity index (χ0n) is 22.2. The molecule has 37 heavy (non-hydrogen) atoms. The molecule has 1 saturated carbocycles. The topological polar surface area (TPSA) is 86.8 Å². The van der Waals surface area contributed by atoms with Crippen molar-refractivity contribution in [2.45, 2.75) is 77.9 Å². The summed E-state index contributed by atoms with van der Waals surface area (Å²) in [5.41, 5.74) is 3.05. The fourth-order valence-electron chi connectivity index (χ4n) is 4.77. The first-order valence-corrected chi connectivity index (χ1v) is 15.1. The molecule has 202 valence electrons. The van der Waals surface area contributed by atoms with E-state index < -0.39 is 28.5 Å². The van der Waals surface area contributed by atoms with Gasteiger partial charge >= 0.3 is 0 Å². The molecule has 2 amide bonds. The maximum absolute atomic E-state index is 13.8. The Bertz CT molecular complexity index is 1210. The number of nitrogens with zero attached hydrogens (tertiary/aromatic N) is 2. The number of nitrogens with one attached hydrogen (secondary N) is 1. The van der Waals surface area contributed by atoms with Gasteiger partial charge in [0.25, 0.3) is 0 Å². The average Bonchev–Trinajstić information content (AvgIpc) is 2.85. The average molecular weight is 548 g/mol. The van der Waals surface area contributed by atoms with Crippen molar-refractivity contribution in [2.24, 2.45) is 0 Å². The number of carbonyl (C=O) groups is 2. The lowest BCUT2D eigenvalue weighted by Gasteiger charge is -2.34. The number of amides is 2. The van der Waals surface area contributed by atoms with Crippen LogP contribution in [0.15, 0.2) is 42.5 Å². The second-order valence-corrected chi connectivity index (χ2v) is 12.2. The van der Waals surface area contributed by atoms with Gasteiger partial charge < -0.3 is 10.2 Å². The van der Waals surface area contributed by atoms with E-state index in [2.05, 4.69) is 5.32 Å². The molecule has 0 aliphatic heterocycles. The predicted octanol–water partition coefficient (Wildman–Crippen LogP) is 4.98. The molecule has 9 heteroatoms. The van der Waals surface area contributed by atoms with Gasteiger partial charge in [-0.1, -0.05) is 62.1 Å². The SMILES string of the molecule is CC[C@H](C(=O)NC1CCCCC1)N(Cc1ccccc1Cl)C(=O)CN(c1ccc(C)c(C)c1)S(C)(=O)=O. The molecule has 0 aromatic heterocycles. The Balaban J connectivity index is 1.93. The Morgan fingerprint density at radius 1 is 1.05 bits per heavy atom. The molecule has 0 heterocycles. The number of anilines is 1. The van der Waals surface area contributed by atoms with Gasteiger partial charge in [-0.25, -0.2) is 8.42 Å². The van der Waals surface area contributed by atoms with Gasteiger partial charge in [-0.2, -0.15) is 0 Å². The molecule has 2 aromatic carbocycles. The summed E-state index contributed by atoms with van der Waals surface area (Å²) in [6.07, 6.45) is 6.63. The Morgan fingerprint density at radius 2 is 1.73 bits per heavy atom. The quantitative estimate of drug-likeness (QED) is 0.454. The molecule has 1 fully saturated rings. The van der Waals surface area contributed by atoms with Gasteiger partial charge in [0.2, 0.25) is 21.8 Å². The summed E-state index contributed by atoms with van der Waals surface area (Å²) in [4.78, 5) is 28.7. The number of hydrogen-bond acceptors (Lipinski definition) is 4. The fourth-order valence-corrected chi connectivity index (χ4v) is 5.81. The van der Waals surface area contributed by atoms with Gasteiger partial charge in [0.15, 0.2) is 0 Å². The van der Waals surface area contributed by atoms with Gasteiger partial charge in [-0.3, -0.25) is 13.9 Å². The minimum Gasteiger partial charge on any atom is -0.352 e. The third kappa shape index (κ3) is 7.71. The number of halogens is 1. The van der Waals surface area contributed by atoms with E-state index in [1.54, 1.807) is 24.3 Å². The molecule has 1 N–H and O–H groups in total. The van der Waals surface area contributed by atoms with Gasteiger partial charge in [0, 0.05) is 17.6 Å². The van der Waals surface area contributed by atoms with Crippen LogP contribution in [0.4, 0.5) is 5.69 Å². The maximum Gasteiger partial charge on any atom is 0.244 e. The smallest absolute Gasteiger partial charge is 0.244 e. The molecular weight excluding hydrogens is 510 g/mol. The van der Waals surface area contributed by atoms with Crippen LogP contribution in [0.25, 0.3) is 0 Å². The van der Waals surface area contributed by atoms with Crippen molar-refractivity contribution in [1.82, 2.24) is 10.2 Å². The van der Waals surface area contributed by atoms with Crippen molar-refractivity contribution in [2.75, 3.05) is 17.1 Å². The van der Waals surface area contributed by atoms with Crippen LogP contribution in [0.1, 0.15) is 62.1 Å². The highest BCUT2D eigenvalue weighted by Crippen LogP contribution is 2.24. The highest BCUT2D eigenvalue weighted by molar-refractivity contribution is 7.92. The van der Waals surface area contributed by atoms with Crippen LogP contribution in [0.5, 0.6) is 0 Å². The summed E-state index contributed by atoms with van der Waals surface area (Å²) in [5.74, 6) is -0.680. The van der Waals surface area contributed by atoms with E-state index >= 15 is 0 Å². The largest absolute Gasteiger partial charge is 0.352 e. The van der Waals surface area contributed by atoms with Crippen molar-refractivity contribution < 1.29 is 18.0 Å². The van der Waals surface area contributed by atoms with E-state index in [9.17, 15) is 18.0 Å². The first-order valence-electron chi connectivity index (χ1n) is 12.9. The summed E-state index contributed by atoms with van der Waals surface area (Å²) in [6.45, 7) is 5.37. The van der Waals surface area contributed by atoms with Crippen molar-refractivity contribution in [3.05, 3.63) is 64.2 Å². The third-order valence-electron chi connectivity index (χ3n) is 7.09. The van der Waals surface area contributed by atoms with Crippen LogP contribution in [0.3, 0.4) is 0 Å². The number of rotatable bonds is 10. The lowest BCUT2D eigenvalue weighted by atomic mass is 9.95. The molecule has 0 unspecified atom stereocenters. The number of carbonyl (C=O) groups excluding carboxylic acids is 2. The Hall–Kier alpha value is -2.58. The van der Waals surface area contributed by atoms with Crippen molar-refractivity contribution in [1.29, 1.82) is 0 Å². The van der Waals surface area contributed by atoms with Crippen molar-refractivity contribution in [3.8, 4) is 0 Å². The zero-order valence-corrected chi connectivity index (χ0v) is 23.7. The van der Waals surface area contributed by atoms with E-state index in [1.165, 1.54) is 11.3 Å². The third-order valence-corrected chi connectivity index (χ3v) is 8.60. The lowest BCUT2D eigenvalue weighted by molar-refractivity contribution is -0.140. The van der Waals surface area contributed by atoms with Crippen LogP contribution >= 0.6 is 11.6 Å². The van der Waals surface area contributed by atoms with Gasteiger partial charge in [-0.05, 0) is 68.0 Å². The van der Waals surface area contributed by atoms with Crippen LogP contribution in [-0.4, -0.2) is 50.0 Å². The molecular formula is C28H38ClN3O4S. The van der Waals surface area contributed by atoms with E-state index in [-0.39, 0.29) is 18.5 Å². The molecule has 0 bridgehead atoms. The zero-order chi connectivity index (χ0) is 27.2. The molecule has 7 nitrogen and oxygen atoms in total. The monoisotopic (exact) mass is 547 g/mol. The first kappa shape index (κ1) is 29.0. The number of benzene rings is 2. The number of hydrogen-bond donors (Lipinski definition) is 1. The molecule has 2 aromatic rings. The van der Waals surface area contributed by atoms with Crippen LogP contribution in [0.2, 0.25) is 5.02 Å². The predicted molar refractivity (Wildman–Crippen MR) is 149 cm³/mol. The summed E-state index contributed by atoms with van der Waals surface area (Å²) in [7, 11) is -3.77. The molecule has 1 atom stereocenters. The molecule has 1 aliphatic carbocycles.